The zero-order chi connectivity index (χ0) is 15.1. The van der Waals surface area contributed by atoms with Gasteiger partial charge in [-0.25, -0.2) is 0 Å². The summed E-state index contributed by atoms with van der Waals surface area (Å²) in [4.78, 5) is 15.5. The van der Waals surface area contributed by atoms with Gasteiger partial charge in [0.25, 0.3) is 0 Å². The van der Waals surface area contributed by atoms with E-state index in [1.54, 1.807) is 0 Å². The van der Waals surface area contributed by atoms with Crippen LogP contribution in [0.5, 0.6) is 0 Å². The Hall–Kier alpha value is -0.910. The van der Waals surface area contributed by atoms with Crippen LogP contribution in [0.1, 0.15) is 39.0 Å². The van der Waals surface area contributed by atoms with Gasteiger partial charge in [0.05, 0.1) is 7.11 Å². The van der Waals surface area contributed by atoms with Crippen molar-refractivity contribution >= 4 is 23.7 Å². The molecule has 0 aliphatic carbocycles. The summed E-state index contributed by atoms with van der Waals surface area (Å²) in [6, 6.07) is 0. The molecule has 0 aromatic heterocycles. The molecular weight excluding hydrogens is 274 g/mol. The van der Waals surface area contributed by atoms with Gasteiger partial charge in [-0.1, -0.05) is 12.8 Å². The van der Waals surface area contributed by atoms with Gasteiger partial charge in [-0.15, -0.1) is 0 Å². The first-order valence-corrected chi connectivity index (χ1v) is 8.71. The molecule has 6 heteroatoms. The van der Waals surface area contributed by atoms with Crippen LogP contribution in [0.3, 0.4) is 0 Å². The molecule has 0 atom stereocenters. The van der Waals surface area contributed by atoms with Crippen LogP contribution in [0, 0.1) is 0 Å². The Kier molecular flexibility index (Phi) is 13.8. The van der Waals surface area contributed by atoms with Crippen LogP contribution < -0.4 is 10.6 Å². The molecule has 0 heterocycles. The summed E-state index contributed by atoms with van der Waals surface area (Å²) in [5.41, 5.74) is 0. The molecule has 0 fully saturated rings. The van der Waals surface area contributed by atoms with Gasteiger partial charge in [-0.3, -0.25) is 9.79 Å². The third kappa shape index (κ3) is 12.1. The van der Waals surface area contributed by atoms with Crippen LogP contribution in [-0.2, 0) is 9.53 Å². The molecule has 0 radical (unpaired) electrons. The summed E-state index contributed by atoms with van der Waals surface area (Å²) in [5, 5.41) is 6.54. The molecule has 2 N–H and O–H groups in total. The molecule has 0 unspecified atom stereocenters. The predicted octanol–water partition coefficient (Wildman–Crippen LogP) is 2.03. The minimum atomic E-state index is -0.115. The fourth-order valence-electron chi connectivity index (χ4n) is 1.64. The lowest BCUT2D eigenvalue weighted by molar-refractivity contribution is -0.140. The number of carbonyl (C=O) groups excluding carboxylic acids is 1. The van der Waals surface area contributed by atoms with Crippen molar-refractivity contribution in [3.63, 3.8) is 0 Å². The van der Waals surface area contributed by atoms with Crippen molar-refractivity contribution < 1.29 is 9.53 Å². The maximum atomic E-state index is 10.9. The number of nitrogens with zero attached hydrogens (tertiary/aromatic N) is 1. The maximum Gasteiger partial charge on any atom is 0.305 e. The number of thioether (sulfide) groups is 1. The molecule has 0 aliphatic rings. The number of esters is 1. The van der Waals surface area contributed by atoms with Crippen molar-refractivity contribution in [1.82, 2.24) is 10.6 Å². The molecule has 0 aromatic rings. The Balaban J connectivity index is 3.63. The lowest BCUT2D eigenvalue weighted by Crippen LogP contribution is -2.38. The number of methoxy groups -OCH3 is 1. The van der Waals surface area contributed by atoms with Gasteiger partial charge in [0.1, 0.15) is 0 Å². The monoisotopic (exact) mass is 303 g/mol. The smallest absolute Gasteiger partial charge is 0.305 e. The zero-order valence-corrected chi connectivity index (χ0v) is 13.9. The number of nitrogens with one attached hydrogen (secondary N) is 2. The Morgan fingerprint density at radius 1 is 1.20 bits per heavy atom. The SMILES string of the molecule is CCNC(=NCCCCCCC(=O)OC)NCCSC. The lowest BCUT2D eigenvalue weighted by atomic mass is 10.1. The van der Waals surface area contributed by atoms with Crippen molar-refractivity contribution in [2.24, 2.45) is 4.99 Å². The van der Waals surface area contributed by atoms with Crippen LogP contribution in [-0.4, -0.2) is 50.7 Å². The van der Waals surface area contributed by atoms with E-state index in [2.05, 4.69) is 33.5 Å². The normalized spacial score (nSPS) is 11.2. The average Bonchev–Trinajstić information content (AvgIpc) is 2.46. The molecule has 0 bridgehead atoms. The fourth-order valence-corrected chi connectivity index (χ4v) is 1.95. The topological polar surface area (TPSA) is 62.7 Å². The van der Waals surface area contributed by atoms with Crippen molar-refractivity contribution in [1.29, 1.82) is 0 Å². The van der Waals surface area contributed by atoms with Gasteiger partial charge in [0, 0.05) is 31.8 Å². The van der Waals surface area contributed by atoms with Crippen molar-refractivity contribution in [2.75, 3.05) is 38.8 Å². The number of aliphatic imine (C=N–C) groups is 1. The van der Waals surface area contributed by atoms with Gasteiger partial charge in [-0.05, 0) is 26.0 Å². The summed E-state index contributed by atoms with van der Waals surface area (Å²) in [5.74, 6) is 1.87. The van der Waals surface area contributed by atoms with E-state index >= 15 is 0 Å². The van der Waals surface area contributed by atoms with E-state index in [9.17, 15) is 4.79 Å². The number of rotatable bonds is 11. The van der Waals surface area contributed by atoms with E-state index in [4.69, 9.17) is 0 Å². The van der Waals surface area contributed by atoms with Gasteiger partial charge >= 0.3 is 5.97 Å². The second kappa shape index (κ2) is 14.5. The van der Waals surface area contributed by atoms with Crippen molar-refractivity contribution in [3.8, 4) is 0 Å². The number of hydrogen-bond donors (Lipinski definition) is 2. The number of unbranched alkanes of at least 4 members (excludes halogenated alkanes) is 3. The second-order valence-corrected chi connectivity index (χ2v) is 5.41. The van der Waals surface area contributed by atoms with Crippen LogP contribution in [0.25, 0.3) is 0 Å². The minimum Gasteiger partial charge on any atom is -0.469 e. The highest BCUT2D eigenvalue weighted by Gasteiger charge is 1.99. The number of ether oxygens (including phenoxy) is 1. The Bertz CT molecular complexity index is 273. The van der Waals surface area contributed by atoms with Gasteiger partial charge in [0.2, 0.25) is 0 Å². The first kappa shape index (κ1) is 19.1. The maximum absolute atomic E-state index is 10.9. The summed E-state index contributed by atoms with van der Waals surface area (Å²) in [7, 11) is 1.43. The highest BCUT2D eigenvalue weighted by Crippen LogP contribution is 2.03. The standard InChI is InChI=1S/C14H29N3O2S/c1-4-15-14(17-11-12-20-3)16-10-8-6-5-7-9-13(18)19-2/h4-12H2,1-3H3,(H2,15,16,17). The zero-order valence-electron chi connectivity index (χ0n) is 13.0. The molecular formula is C14H29N3O2S. The fraction of sp³-hybridized carbons (Fsp3) is 0.857. The van der Waals surface area contributed by atoms with E-state index < -0.39 is 0 Å². The van der Waals surface area contributed by atoms with Crippen molar-refractivity contribution in [3.05, 3.63) is 0 Å². The van der Waals surface area contributed by atoms with Crippen LogP contribution in [0.4, 0.5) is 0 Å². The quantitative estimate of drug-likeness (QED) is 0.265. The first-order valence-electron chi connectivity index (χ1n) is 7.32. The van der Waals surface area contributed by atoms with E-state index in [0.29, 0.717) is 6.42 Å². The minimum absolute atomic E-state index is 0.115. The molecule has 118 valence electrons. The molecule has 0 amide bonds. The summed E-state index contributed by atoms with van der Waals surface area (Å²) in [6.45, 7) is 4.71. The highest BCUT2D eigenvalue weighted by molar-refractivity contribution is 7.98. The molecule has 0 aromatic carbocycles. The average molecular weight is 303 g/mol. The molecule has 0 rings (SSSR count). The second-order valence-electron chi connectivity index (χ2n) is 4.42. The largest absolute Gasteiger partial charge is 0.469 e. The number of guanidine groups is 1. The number of carbonyl (C=O) groups is 1. The third-order valence-electron chi connectivity index (χ3n) is 2.73. The highest BCUT2D eigenvalue weighted by atomic mass is 32.2. The van der Waals surface area contributed by atoms with Crippen LogP contribution >= 0.6 is 11.8 Å². The summed E-state index contributed by atoms with van der Waals surface area (Å²) < 4.78 is 4.60. The van der Waals surface area contributed by atoms with Crippen LogP contribution in [0.15, 0.2) is 4.99 Å². The van der Waals surface area contributed by atoms with Gasteiger partial charge < -0.3 is 15.4 Å². The summed E-state index contributed by atoms with van der Waals surface area (Å²) in [6.07, 6.45) is 6.74. The van der Waals surface area contributed by atoms with Crippen molar-refractivity contribution in [2.45, 2.75) is 39.0 Å². The lowest BCUT2D eigenvalue weighted by Gasteiger charge is -2.10. The van der Waals surface area contributed by atoms with E-state index in [-0.39, 0.29) is 5.97 Å². The Morgan fingerprint density at radius 2 is 1.95 bits per heavy atom. The molecule has 20 heavy (non-hydrogen) atoms. The predicted molar refractivity (Wildman–Crippen MR) is 87.5 cm³/mol. The molecule has 0 saturated carbocycles. The van der Waals surface area contributed by atoms with Gasteiger partial charge in [0.15, 0.2) is 5.96 Å². The first-order chi connectivity index (χ1) is 9.74. The Morgan fingerprint density at radius 3 is 2.60 bits per heavy atom. The van der Waals surface area contributed by atoms with E-state index in [0.717, 1.165) is 57.0 Å². The summed E-state index contributed by atoms with van der Waals surface area (Å²) >= 11 is 1.82. The van der Waals surface area contributed by atoms with Crippen LogP contribution in [0.2, 0.25) is 0 Å². The Labute approximate surface area is 127 Å². The van der Waals surface area contributed by atoms with E-state index in [1.807, 2.05) is 11.8 Å². The third-order valence-corrected chi connectivity index (χ3v) is 3.34. The molecule has 0 saturated heterocycles. The van der Waals surface area contributed by atoms with E-state index in [1.165, 1.54) is 7.11 Å². The molecule has 0 aliphatic heterocycles. The van der Waals surface area contributed by atoms with Gasteiger partial charge in [-0.2, -0.15) is 11.8 Å². The molecule has 5 nitrogen and oxygen atoms in total. The molecule has 0 spiro atoms. The number of hydrogen-bond acceptors (Lipinski definition) is 4.